The number of rotatable bonds is 3. The van der Waals surface area contributed by atoms with Crippen molar-refractivity contribution in [2.75, 3.05) is 6.54 Å². The summed E-state index contributed by atoms with van der Waals surface area (Å²) >= 11 is 0. The molecule has 0 aliphatic heterocycles. The Kier molecular flexibility index (Phi) is 3.15. The minimum atomic E-state index is -2.58. The molecule has 0 bridgehead atoms. The normalized spacial score (nSPS) is 28.5. The van der Waals surface area contributed by atoms with Crippen LogP contribution in [0.15, 0.2) is 4.99 Å². The van der Waals surface area contributed by atoms with E-state index < -0.39 is 11.8 Å². The molecule has 0 saturated heterocycles. The average Bonchev–Trinajstić information content (AvgIpc) is 2.47. The Labute approximate surface area is 76.0 Å². The molecule has 74 valence electrons. The van der Waals surface area contributed by atoms with Gasteiger partial charge in [0.2, 0.25) is 12.0 Å². The second-order valence-electron chi connectivity index (χ2n) is 3.76. The molecular weight excluding hydrogens is 176 g/mol. The van der Waals surface area contributed by atoms with Crippen molar-refractivity contribution in [3.8, 4) is 0 Å². The van der Waals surface area contributed by atoms with Crippen LogP contribution in [0.1, 0.15) is 26.2 Å². The van der Waals surface area contributed by atoms with Crippen LogP contribution < -0.4 is 0 Å². The molecule has 1 saturated carbocycles. The number of carbonyl (C=O) groups excluding carboxylic acids is 1. The highest BCUT2D eigenvalue weighted by Crippen LogP contribution is 2.40. The maximum Gasteiger partial charge on any atom is 0.248 e. The molecule has 0 aromatic carbocycles. The van der Waals surface area contributed by atoms with Crippen molar-refractivity contribution in [3.63, 3.8) is 0 Å². The van der Waals surface area contributed by atoms with Gasteiger partial charge in [0.25, 0.3) is 0 Å². The standard InChI is InChI=1S/C9H13F2NO/c1-9(10,11)8-3-2-7(4-8)5-12-6-13/h7-8H,2-5H2,1H3. The SMILES string of the molecule is CC(F)(F)C1CCC(CN=C=O)C1. The van der Waals surface area contributed by atoms with Crippen LogP contribution in [0.3, 0.4) is 0 Å². The molecule has 1 aliphatic rings. The number of hydrogen-bond acceptors (Lipinski definition) is 2. The summed E-state index contributed by atoms with van der Waals surface area (Å²) in [4.78, 5) is 13.2. The van der Waals surface area contributed by atoms with Crippen molar-refractivity contribution in [1.82, 2.24) is 0 Å². The second kappa shape index (κ2) is 3.97. The van der Waals surface area contributed by atoms with Crippen LogP contribution in [0.5, 0.6) is 0 Å². The van der Waals surface area contributed by atoms with E-state index in [1.807, 2.05) is 0 Å². The molecule has 2 nitrogen and oxygen atoms in total. The Bertz CT molecular complexity index is 218. The molecule has 0 radical (unpaired) electrons. The molecule has 0 aromatic rings. The second-order valence-corrected chi connectivity index (χ2v) is 3.76. The first kappa shape index (κ1) is 10.3. The van der Waals surface area contributed by atoms with Crippen LogP contribution in [0.25, 0.3) is 0 Å². The topological polar surface area (TPSA) is 29.4 Å². The minimum Gasteiger partial charge on any atom is -0.211 e. The Morgan fingerprint density at radius 1 is 1.54 bits per heavy atom. The summed E-state index contributed by atoms with van der Waals surface area (Å²) in [6.45, 7) is 1.32. The van der Waals surface area contributed by atoms with Gasteiger partial charge in [0.1, 0.15) is 0 Å². The Hall–Kier alpha value is -0.760. The van der Waals surface area contributed by atoms with E-state index in [9.17, 15) is 13.6 Å². The van der Waals surface area contributed by atoms with E-state index in [1.165, 1.54) is 6.08 Å². The average molecular weight is 189 g/mol. The zero-order valence-corrected chi connectivity index (χ0v) is 7.59. The molecular formula is C9H13F2NO. The van der Waals surface area contributed by atoms with Crippen LogP contribution >= 0.6 is 0 Å². The molecule has 4 heteroatoms. The number of nitrogens with zero attached hydrogens (tertiary/aromatic N) is 1. The van der Waals surface area contributed by atoms with Gasteiger partial charge in [-0.2, -0.15) is 0 Å². The Balaban J connectivity index is 2.40. The van der Waals surface area contributed by atoms with Crippen molar-refractivity contribution in [1.29, 1.82) is 0 Å². The van der Waals surface area contributed by atoms with Crippen LogP contribution in [0, 0.1) is 11.8 Å². The molecule has 0 heterocycles. The summed E-state index contributed by atoms with van der Waals surface area (Å²) in [5.74, 6) is -2.96. The number of hydrogen-bond donors (Lipinski definition) is 0. The van der Waals surface area contributed by atoms with E-state index in [2.05, 4.69) is 4.99 Å². The summed E-state index contributed by atoms with van der Waals surface area (Å²) in [5.41, 5.74) is 0. The van der Waals surface area contributed by atoms with Crippen molar-refractivity contribution in [3.05, 3.63) is 0 Å². The van der Waals surface area contributed by atoms with Gasteiger partial charge in [-0.15, -0.1) is 0 Å². The number of aliphatic imine (C=N–C) groups is 1. The highest BCUT2D eigenvalue weighted by atomic mass is 19.3. The predicted octanol–water partition coefficient (Wildman–Crippen LogP) is 2.39. The fraction of sp³-hybridized carbons (Fsp3) is 0.889. The number of alkyl halides is 2. The highest BCUT2D eigenvalue weighted by Gasteiger charge is 2.39. The lowest BCUT2D eigenvalue weighted by molar-refractivity contribution is -0.0380. The van der Waals surface area contributed by atoms with E-state index in [-0.39, 0.29) is 5.92 Å². The van der Waals surface area contributed by atoms with Crippen molar-refractivity contribution in [2.24, 2.45) is 16.8 Å². The lowest BCUT2D eigenvalue weighted by Gasteiger charge is -2.17. The fourth-order valence-corrected chi connectivity index (χ4v) is 1.87. The highest BCUT2D eigenvalue weighted by molar-refractivity contribution is 5.32. The first-order chi connectivity index (χ1) is 6.04. The van der Waals surface area contributed by atoms with E-state index in [0.717, 1.165) is 13.3 Å². The van der Waals surface area contributed by atoms with Gasteiger partial charge < -0.3 is 0 Å². The van der Waals surface area contributed by atoms with Gasteiger partial charge in [-0.05, 0) is 32.1 Å². The Morgan fingerprint density at radius 2 is 2.23 bits per heavy atom. The first-order valence-electron chi connectivity index (χ1n) is 4.45. The Morgan fingerprint density at radius 3 is 2.69 bits per heavy atom. The summed E-state index contributed by atoms with van der Waals surface area (Å²) < 4.78 is 25.6. The quantitative estimate of drug-likeness (QED) is 0.495. The van der Waals surface area contributed by atoms with Gasteiger partial charge in [-0.1, -0.05) is 0 Å². The summed E-state index contributed by atoms with van der Waals surface area (Å²) in [5, 5.41) is 0. The maximum absolute atomic E-state index is 12.8. The molecule has 13 heavy (non-hydrogen) atoms. The van der Waals surface area contributed by atoms with Gasteiger partial charge in [-0.25, -0.2) is 18.6 Å². The number of isocyanates is 1. The largest absolute Gasteiger partial charge is 0.248 e. The zero-order chi connectivity index (χ0) is 9.90. The van der Waals surface area contributed by atoms with E-state index in [4.69, 9.17) is 0 Å². The number of halogens is 2. The van der Waals surface area contributed by atoms with Crippen molar-refractivity contribution >= 4 is 6.08 Å². The molecule has 2 unspecified atom stereocenters. The van der Waals surface area contributed by atoms with Crippen molar-refractivity contribution in [2.45, 2.75) is 32.1 Å². The van der Waals surface area contributed by atoms with Crippen LogP contribution in [0.4, 0.5) is 8.78 Å². The maximum atomic E-state index is 12.8. The molecule has 0 aromatic heterocycles. The molecule has 0 spiro atoms. The predicted molar refractivity (Wildman–Crippen MR) is 44.4 cm³/mol. The van der Waals surface area contributed by atoms with Gasteiger partial charge in [0.15, 0.2) is 0 Å². The van der Waals surface area contributed by atoms with Gasteiger partial charge in [0, 0.05) is 5.92 Å². The zero-order valence-electron chi connectivity index (χ0n) is 7.59. The summed E-state index contributed by atoms with van der Waals surface area (Å²) in [6, 6.07) is 0. The molecule has 1 fully saturated rings. The van der Waals surface area contributed by atoms with E-state index in [1.54, 1.807) is 0 Å². The third kappa shape index (κ3) is 2.88. The third-order valence-electron chi connectivity index (χ3n) is 2.67. The summed E-state index contributed by atoms with van der Waals surface area (Å²) in [6.07, 6.45) is 3.21. The van der Waals surface area contributed by atoms with Crippen LogP contribution in [-0.2, 0) is 4.79 Å². The van der Waals surface area contributed by atoms with Gasteiger partial charge >= 0.3 is 0 Å². The molecule has 2 atom stereocenters. The van der Waals surface area contributed by atoms with E-state index in [0.29, 0.717) is 19.4 Å². The fourth-order valence-electron chi connectivity index (χ4n) is 1.87. The monoisotopic (exact) mass is 189 g/mol. The van der Waals surface area contributed by atoms with Crippen molar-refractivity contribution < 1.29 is 13.6 Å². The van der Waals surface area contributed by atoms with Crippen LogP contribution in [0.2, 0.25) is 0 Å². The summed E-state index contributed by atoms with van der Waals surface area (Å²) in [7, 11) is 0. The molecule has 1 aliphatic carbocycles. The molecule has 1 rings (SSSR count). The molecule has 0 amide bonds. The van der Waals surface area contributed by atoms with Crippen LogP contribution in [-0.4, -0.2) is 18.5 Å². The molecule has 0 N–H and O–H groups in total. The first-order valence-corrected chi connectivity index (χ1v) is 4.45. The van der Waals surface area contributed by atoms with Gasteiger partial charge in [-0.3, -0.25) is 0 Å². The lowest BCUT2D eigenvalue weighted by Crippen LogP contribution is -2.21. The smallest absolute Gasteiger partial charge is 0.211 e. The minimum absolute atomic E-state index is 0.150. The lowest BCUT2D eigenvalue weighted by atomic mass is 9.99. The van der Waals surface area contributed by atoms with E-state index >= 15 is 0 Å². The third-order valence-corrected chi connectivity index (χ3v) is 2.67. The van der Waals surface area contributed by atoms with Gasteiger partial charge in [0.05, 0.1) is 6.54 Å².